The molecule has 246 valence electrons. The number of nitrogens with one attached hydrogen (secondary N) is 2. The lowest BCUT2D eigenvalue weighted by Gasteiger charge is -2.31. The monoisotopic (exact) mass is 664 g/mol. The smallest absolute Gasteiger partial charge is 0.266 e. The number of aliphatic imine (C=N–C) groups is 1. The minimum Gasteiger partial charge on any atom is -0.494 e. The molecule has 4 aromatic carbocycles. The van der Waals surface area contributed by atoms with Gasteiger partial charge in [0.15, 0.2) is 11.6 Å². The summed E-state index contributed by atoms with van der Waals surface area (Å²) in [4.78, 5) is 22.4. The van der Waals surface area contributed by atoms with E-state index in [0.29, 0.717) is 53.8 Å². The SMILES string of the molecule is [N-]=[N+]=NCc1ccccc1[C@@H]1OC(c2ccc(OCCCO)cc2)=N[C@]1(C/C=C/c1ccccc1)C(=O)NNCCc1ccccc1Cl. The number of hydrogen-bond acceptors (Lipinski definition) is 7. The molecule has 0 aliphatic carbocycles. The number of nitrogens with zero attached hydrogens (tertiary/aromatic N) is 4. The van der Waals surface area contributed by atoms with E-state index in [1.54, 1.807) is 12.1 Å². The van der Waals surface area contributed by atoms with E-state index < -0.39 is 11.6 Å². The summed E-state index contributed by atoms with van der Waals surface area (Å²) in [5, 5.41) is 13.5. The number of amides is 1. The molecule has 1 aliphatic heterocycles. The Balaban J connectivity index is 1.51. The first kappa shape index (κ1) is 34.2. The molecule has 0 radical (unpaired) electrons. The summed E-state index contributed by atoms with van der Waals surface area (Å²) in [6, 6.07) is 32.1. The van der Waals surface area contributed by atoms with Crippen molar-refractivity contribution >= 4 is 29.5 Å². The first-order chi connectivity index (χ1) is 23.5. The van der Waals surface area contributed by atoms with Gasteiger partial charge in [-0.05, 0) is 64.5 Å². The van der Waals surface area contributed by atoms with Crippen molar-refractivity contribution in [1.82, 2.24) is 10.9 Å². The molecule has 0 fully saturated rings. The van der Waals surface area contributed by atoms with Crippen LogP contribution in [0.1, 0.15) is 46.8 Å². The van der Waals surface area contributed by atoms with Crippen LogP contribution in [-0.4, -0.2) is 42.2 Å². The topological polar surface area (TPSA) is 141 Å². The van der Waals surface area contributed by atoms with Crippen molar-refractivity contribution in [3.63, 3.8) is 0 Å². The van der Waals surface area contributed by atoms with Crippen LogP contribution in [0.15, 0.2) is 119 Å². The van der Waals surface area contributed by atoms with Gasteiger partial charge in [-0.15, -0.1) is 0 Å². The third-order valence-electron chi connectivity index (χ3n) is 7.89. The van der Waals surface area contributed by atoms with Crippen LogP contribution in [0.4, 0.5) is 0 Å². The number of carbonyl (C=O) groups excluding carboxylic acids is 1. The molecular weight excluding hydrogens is 628 g/mol. The van der Waals surface area contributed by atoms with E-state index in [1.807, 2.05) is 103 Å². The minimum absolute atomic E-state index is 0.0446. The molecule has 1 amide bonds. The van der Waals surface area contributed by atoms with E-state index in [1.165, 1.54) is 0 Å². The molecule has 0 aromatic heterocycles. The highest BCUT2D eigenvalue weighted by atomic mass is 35.5. The quantitative estimate of drug-likeness (QED) is 0.0384. The van der Waals surface area contributed by atoms with Crippen LogP contribution in [0.3, 0.4) is 0 Å². The van der Waals surface area contributed by atoms with Crippen molar-refractivity contribution in [3.8, 4) is 5.75 Å². The van der Waals surface area contributed by atoms with Gasteiger partial charge in [0.2, 0.25) is 5.90 Å². The Hall–Kier alpha value is -5.12. The Bertz CT molecular complexity index is 1780. The van der Waals surface area contributed by atoms with Crippen molar-refractivity contribution in [2.24, 2.45) is 10.1 Å². The second-order valence-electron chi connectivity index (χ2n) is 11.1. The van der Waals surface area contributed by atoms with Gasteiger partial charge in [-0.2, -0.15) is 0 Å². The van der Waals surface area contributed by atoms with Crippen LogP contribution in [-0.2, 0) is 22.5 Å². The van der Waals surface area contributed by atoms with Gasteiger partial charge in [-0.1, -0.05) is 102 Å². The first-order valence-corrected chi connectivity index (χ1v) is 16.1. The summed E-state index contributed by atoms with van der Waals surface area (Å²) >= 11 is 6.35. The van der Waals surface area contributed by atoms with Crippen molar-refractivity contribution in [1.29, 1.82) is 0 Å². The summed E-state index contributed by atoms with van der Waals surface area (Å²) in [5.41, 5.74) is 17.6. The van der Waals surface area contributed by atoms with E-state index >= 15 is 0 Å². The normalized spacial score (nSPS) is 17.0. The van der Waals surface area contributed by atoms with Crippen LogP contribution in [0, 0.1) is 0 Å². The average molecular weight is 665 g/mol. The predicted molar refractivity (Wildman–Crippen MR) is 187 cm³/mol. The lowest BCUT2D eigenvalue weighted by Crippen LogP contribution is -2.53. The van der Waals surface area contributed by atoms with Gasteiger partial charge >= 0.3 is 0 Å². The van der Waals surface area contributed by atoms with Gasteiger partial charge in [0.05, 0.1) is 13.2 Å². The highest BCUT2D eigenvalue weighted by Crippen LogP contribution is 2.44. The number of hydrogen-bond donors (Lipinski definition) is 3. The summed E-state index contributed by atoms with van der Waals surface area (Å²) in [7, 11) is 0. The maximum absolute atomic E-state index is 14.4. The fourth-order valence-corrected chi connectivity index (χ4v) is 5.65. The zero-order chi connectivity index (χ0) is 33.6. The lowest BCUT2D eigenvalue weighted by molar-refractivity contribution is -0.129. The molecule has 0 saturated carbocycles. The highest BCUT2D eigenvalue weighted by molar-refractivity contribution is 6.31. The van der Waals surface area contributed by atoms with Gasteiger partial charge in [-0.3, -0.25) is 10.2 Å². The summed E-state index contributed by atoms with van der Waals surface area (Å²) in [6.45, 7) is 0.939. The van der Waals surface area contributed by atoms with Gasteiger partial charge in [0.1, 0.15) is 5.75 Å². The number of benzene rings is 4. The van der Waals surface area contributed by atoms with E-state index in [0.717, 1.165) is 16.7 Å². The van der Waals surface area contributed by atoms with Gasteiger partial charge in [0.25, 0.3) is 5.91 Å². The molecule has 1 aliphatic rings. The van der Waals surface area contributed by atoms with Crippen molar-refractivity contribution < 1.29 is 19.4 Å². The molecule has 3 N–H and O–H groups in total. The molecule has 5 rings (SSSR count). The van der Waals surface area contributed by atoms with Crippen LogP contribution in [0.25, 0.3) is 16.5 Å². The van der Waals surface area contributed by atoms with E-state index in [2.05, 4.69) is 20.9 Å². The number of azide groups is 1. The zero-order valence-corrected chi connectivity index (χ0v) is 27.1. The lowest BCUT2D eigenvalue weighted by atomic mass is 9.82. The third-order valence-corrected chi connectivity index (χ3v) is 8.26. The van der Waals surface area contributed by atoms with Gasteiger partial charge < -0.3 is 14.6 Å². The Kier molecular flexibility index (Phi) is 12.2. The molecule has 11 heteroatoms. The first-order valence-electron chi connectivity index (χ1n) is 15.7. The number of ether oxygens (including phenoxy) is 2. The van der Waals surface area contributed by atoms with Crippen LogP contribution in [0.5, 0.6) is 5.75 Å². The molecule has 0 bridgehead atoms. The second-order valence-corrected chi connectivity index (χ2v) is 11.5. The Morgan fingerprint density at radius 2 is 1.75 bits per heavy atom. The molecular formula is C37H37ClN6O4. The number of rotatable bonds is 16. The Labute approximate surface area is 284 Å². The van der Waals surface area contributed by atoms with E-state index in [-0.39, 0.29) is 25.5 Å². The maximum Gasteiger partial charge on any atom is 0.266 e. The Morgan fingerprint density at radius 1 is 1.02 bits per heavy atom. The van der Waals surface area contributed by atoms with Crippen LogP contribution < -0.4 is 15.6 Å². The molecule has 1 heterocycles. The number of hydrazine groups is 1. The number of carbonyl (C=O) groups is 1. The van der Waals surface area contributed by atoms with E-state index in [4.69, 9.17) is 36.7 Å². The zero-order valence-electron chi connectivity index (χ0n) is 26.3. The largest absolute Gasteiger partial charge is 0.494 e. The Morgan fingerprint density at radius 3 is 2.50 bits per heavy atom. The fourth-order valence-electron chi connectivity index (χ4n) is 5.42. The summed E-state index contributed by atoms with van der Waals surface area (Å²) in [6.07, 6.45) is 4.34. The second kappa shape index (κ2) is 17.2. The number of aliphatic hydroxyl groups is 1. The molecule has 0 unspecified atom stereocenters. The molecule has 10 nitrogen and oxygen atoms in total. The number of aliphatic hydroxyl groups excluding tert-OH is 1. The van der Waals surface area contributed by atoms with Crippen LogP contribution in [0.2, 0.25) is 5.02 Å². The number of halogens is 1. The van der Waals surface area contributed by atoms with Crippen molar-refractivity contribution in [2.75, 3.05) is 19.8 Å². The third kappa shape index (κ3) is 8.61. The van der Waals surface area contributed by atoms with E-state index in [9.17, 15) is 4.79 Å². The van der Waals surface area contributed by atoms with Crippen molar-refractivity contribution in [3.05, 3.63) is 152 Å². The standard InChI is InChI=1S/C37H37ClN6O4/c38-33-16-7-5-13-28(33)21-23-40-43-36(46)37(22-8-12-27-10-2-1-3-11-27)34(32-15-6-4-14-30(32)26-41-44-39)48-35(42-37)29-17-19-31(20-18-29)47-25-9-24-45/h1-8,10-20,34,40,45H,9,21-26H2,(H,43,46)/b12-8+/t34-,37-/m0/s1. The molecule has 0 spiro atoms. The highest BCUT2D eigenvalue weighted by Gasteiger charge is 2.53. The summed E-state index contributed by atoms with van der Waals surface area (Å²) in [5.74, 6) is 0.543. The molecule has 2 atom stereocenters. The van der Waals surface area contributed by atoms with Gasteiger partial charge in [-0.25, -0.2) is 10.4 Å². The molecule has 0 saturated heterocycles. The minimum atomic E-state index is -1.44. The summed E-state index contributed by atoms with van der Waals surface area (Å²) < 4.78 is 12.3. The fraction of sp³-hybridized carbons (Fsp3) is 0.243. The predicted octanol–water partition coefficient (Wildman–Crippen LogP) is 7.14. The molecule has 4 aromatic rings. The average Bonchev–Trinajstić information content (AvgIpc) is 3.51. The van der Waals surface area contributed by atoms with Crippen LogP contribution >= 0.6 is 11.6 Å². The molecule has 48 heavy (non-hydrogen) atoms. The van der Waals surface area contributed by atoms with Crippen molar-refractivity contribution in [2.45, 2.75) is 37.5 Å². The maximum atomic E-state index is 14.4. The van der Waals surface area contributed by atoms with Gasteiger partial charge in [0, 0.05) is 41.5 Å².